The predicted molar refractivity (Wildman–Crippen MR) is 91.3 cm³/mol. The third kappa shape index (κ3) is 3.35. The minimum Gasteiger partial charge on any atom is -0.486 e. The van der Waals surface area contributed by atoms with Crippen molar-refractivity contribution in [3.05, 3.63) is 50.4 Å². The molecule has 0 aliphatic carbocycles. The molecule has 0 aromatic heterocycles. The lowest BCUT2D eigenvalue weighted by atomic mass is 10.1. The van der Waals surface area contributed by atoms with Crippen molar-refractivity contribution in [2.75, 3.05) is 18.5 Å². The predicted octanol–water partition coefficient (Wildman–Crippen LogP) is 4.90. The quantitative estimate of drug-likeness (QED) is 0.777. The van der Waals surface area contributed by atoms with Crippen LogP contribution < -0.4 is 14.8 Å². The fourth-order valence-electron chi connectivity index (χ4n) is 2.21. The van der Waals surface area contributed by atoms with E-state index < -0.39 is 0 Å². The Morgan fingerprint density at radius 2 is 1.71 bits per heavy atom. The van der Waals surface area contributed by atoms with E-state index in [1.807, 2.05) is 12.1 Å². The number of ether oxygens (including phenoxy) is 2. The van der Waals surface area contributed by atoms with Gasteiger partial charge in [0.2, 0.25) is 0 Å². The number of rotatable bonds is 3. The van der Waals surface area contributed by atoms with Crippen LogP contribution in [0.2, 0.25) is 0 Å². The first kappa shape index (κ1) is 14.7. The molecule has 0 unspecified atom stereocenters. The summed E-state index contributed by atoms with van der Waals surface area (Å²) in [7, 11) is 0. The van der Waals surface area contributed by atoms with Crippen molar-refractivity contribution in [3.63, 3.8) is 0 Å². The van der Waals surface area contributed by atoms with Gasteiger partial charge in [0.05, 0.1) is 5.69 Å². The SMILES string of the molecule is Cc1cc(CNc2cc3c(cc2Br)OCCO3)ccc1Br. The Morgan fingerprint density at radius 1 is 1.00 bits per heavy atom. The highest BCUT2D eigenvalue weighted by atomic mass is 79.9. The number of halogens is 2. The topological polar surface area (TPSA) is 30.5 Å². The summed E-state index contributed by atoms with van der Waals surface area (Å²) in [6.45, 7) is 4.05. The van der Waals surface area contributed by atoms with E-state index in [1.165, 1.54) is 11.1 Å². The second-order valence-corrected chi connectivity index (χ2v) is 6.62. The van der Waals surface area contributed by atoms with Crippen molar-refractivity contribution in [3.8, 4) is 11.5 Å². The van der Waals surface area contributed by atoms with Gasteiger partial charge in [-0.3, -0.25) is 0 Å². The lowest BCUT2D eigenvalue weighted by molar-refractivity contribution is 0.171. The molecule has 1 aliphatic heterocycles. The zero-order valence-corrected chi connectivity index (χ0v) is 14.8. The molecule has 0 bridgehead atoms. The average Bonchev–Trinajstić information content (AvgIpc) is 2.48. The van der Waals surface area contributed by atoms with E-state index in [4.69, 9.17) is 9.47 Å². The minimum absolute atomic E-state index is 0.597. The summed E-state index contributed by atoms with van der Waals surface area (Å²) in [5, 5.41) is 3.43. The van der Waals surface area contributed by atoms with E-state index in [1.54, 1.807) is 0 Å². The van der Waals surface area contributed by atoms with Crippen molar-refractivity contribution >= 4 is 37.5 Å². The zero-order chi connectivity index (χ0) is 14.8. The van der Waals surface area contributed by atoms with Gasteiger partial charge in [0.25, 0.3) is 0 Å². The van der Waals surface area contributed by atoms with Crippen LogP contribution in [-0.4, -0.2) is 13.2 Å². The standard InChI is InChI=1S/C16H15Br2NO2/c1-10-6-11(2-3-12(10)17)9-19-14-8-16-15(7-13(14)18)20-4-5-21-16/h2-3,6-8,19H,4-5,9H2,1H3. The second-order valence-electron chi connectivity index (χ2n) is 4.91. The van der Waals surface area contributed by atoms with Crippen molar-refractivity contribution < 1.29 is 9.47 Å². The van der Waals surface area contributed by atoms with Gasteiger partial charge in [-0.25, -0.2) is 0 Å². The smallest absolute Gasteiger partial charge is 0.163 e. The molecule has 2 aromatic rings. The fraction of sp³-hybridized carbons (Fsp3) is 0.250. The molecule has 5 heteroatoms. The van der Waals surface area contributed by atoms with E-state index in [0.29, 0.717) is 13.2 Å². The number of hydrogen-bond acceptors (Lipinski definition) is 3. The molecule has 21 heavy (non-hydrogen) atoms. The van der Waals surface area contributed by atoms with Crippen LogP contribution in [0.1, 0.15) is 11.1 Å². The van der Waals surface area contributed by atoms with E-state index in [-0.39, 0.29) is 0 Å². The molecule has 1 heterocycles. The lowest BCUT2D eigenvalue weighted by Crippen LogP contribution is -2.15. The van der Waals surface area contributed by atoms with Crippen LogP contribution in [0.5, 0.6) is 11.5 Å². The molecule has 110 valence electrons. The number of nitrogens with one attached hydrogen (secondary N) is 1. The van der Waals surface area contributed by atoms with Gasteiger partial charge in [0.15, 0.2) is 11.5 Å². The summed E-state index contributed by atoms with van der Waals surface area (Å²) in [5.41, 5.74) is 3.47. The highest BCUT2D eigenvalue weighted by molar-refractivity contribution is 9.10. The Balaban J connectivity index is 1.77. The zero-order valence-electron chi connectivity index (χ0n) is 11.6. The first-order valence-electron chi connectivity index (χ1n) is 6.71. The Morgan fingerprint density at radius 3 is 2.43 bits per heavy atom. The molecule has 2 aromatic carbocycles. The monoisotopic (exact) mass is 411 g/mol. The van der Waals surface area contributed by atoms with Gasteiger partial charge in [-0.1, -0.05) is 28.1 Å². The van der Waals surface area contributed by atoms with Gasteiger partial charge in [-0.15, -0.1) is 0 Å². The summed E-state index contributed by atoms with van der Waals surface area (Å²) < 4.78 is 13.3. The lowest BCUT2D eigenvalue weighted by Gasteiger charge is -2.20. The summed E-state index contributed by atoms with van der Waals surface area (Å²) in [5.74, 6) is 1.58. The maximum atomic E-state index is 5.61. The molecular weight excluding hydrogens is 398 g/mol. The second kappa shape index (κ2) is 6.28. The molecule has 3 rings (SSSR count). The van der Waals surface area contributed by atoms with Gasteiger partial charge in [0.1, 0.15) is 13.2 Å². The van der Waals surface area contributed by atoms with Gasteiger partial charge < -0.3 is 14.8 Å². The summed E-state index contributed by atoms with van der Waals surface area (Å²) in [4.78, 5) is 0. The molecule has 0 atom stereocenters. The number of fused-ring (bicyclic) bond motifs is 1. The summed E-state index contributed by atoms with van der Waals surface area (Å²) >= 11 is 7.09. The Bertz CT molecular complexity index is 674. The van der Waals surface area contributed by atoms with E-state index >= 15 is 0 Å². The van der Waals surface area contributed by atoms with E-state index in [0.717, 1.165) is 32.7 Å². The van der Waals surface area contributed by atoms with Crippen molar-refractivity contribution in [1.29, 1.82) is 0 Å². The van der Waals surface area contributed by atoms with E-state index in [9.17, 15) is 0 Å². The van der Waals surface area contributed by atoms with Crippen LogP contribution in [0, 0.1) is 6.92 Å². The van der Waals surface area contributed by atoms with Gasteiger partial charge in [0, 0.05) is 27.6 Å². The maximum Gasteiger partial charge on any atom is 0.163 e. The molecule has 1 N–H and O–H groups in total. The fourth-order valence-corrected chi connectivity index (χ4v) is 2.92. The Labute approximate surface area is 140 Å². The molecule has 0 saturated heterocycles. The first-order chi connectivity index (χ1) is 10.1. The van der Waals surface area contributed by atoms with Crippen LogP contribution in [-0.2, 0) is 6.54 Å². The van der Waals surface area contributed by atoms with Gasteiger partial charge in [-0.05, 0) is 40.0 Å². The minimum atomic E-state index is 0.597. The van der Waals surface area contributed by atoms with Gasteiger partial charge in [-0.2, -0.15) is 0 Å². The highest BCUT2D eigenvalue weighted by Crippen LogP contribution is 2.38. The molecule has 3 nitrogen and oxygen atoms in total. The van der Waals surface area contributed by atoms with Crippen LogP contribution in [0.25, 0.3) is 0 Å². The molecule has 0 saturated carbocycles. The van der Waals surface area contributed by atoms with Crippen molar-refractivity contribution in [1.82, 2.24) is 0 Å². The number of hydrogen-bond donors (Lipinski definition) is 1. The third-order valence-corrected chi connectivity index (χ3v) is 4.88. The number of benzene rings is 2. The average molecular weight is 413 g/mol. The summed E-state index contributed by atoms with van der Waals surface area (Å²) in [6.07, 6.45) is 0. The Kier molecular flexibility index (Phi) is 4.40. The largest absolute Gasteiger partial charge is 0.486 e. The van der Waals surface area contributed by atoms with Crippen molar-refractivity contribution in [2.45, 2.75) is 13.5 Å². The van der Waals surface area contributed by atoms with Crippen molar-refractivity contribution in [2.24, 2.45) is 0 Å². The molecule has 0 spiro atoms. The highest BCUT2D eigenvalue weighted by Gasteiger charge is 2.14. The molecule has 0 radical (unpaired) electrons. The van der Waals surface area contributed by atoms with Crippen LogP contribution >= 0.6 is 31.9 Å². The number of anilines is 1. The molecular formula is C16H15Br2NO2. The van der Waals surface area contributed by atoms with E-state index in [2.05, 4.69) is 62.3 Å². The van der Waals surface area contributed by atoms with Crippen LogP contribution in [0.3, 0.4) is 0 Å². The van der Waals surface area contributed by atoms with Crippen LogP contribution in [0.4, 0.5) is 5.69 Å². The molecule has 0 amide bonds. The summed E-state index contributed by atoms with van der Waals surface area (Å²) in [6, 6.07) is 10.3. The first-order valence-corrected chi connectivity index (χ1v) is 8.30. The normalized spacial score (nSPS) is 13.1. The van der Waals surface area contributed by atoms with Gasteiger partial charge >= 0.3 is 0 Å². The molecule has 0 fully saturated rings. The maximum absolute atomic E-state index is 5.61. The third-order valence-electron chi connectivity index (χ3n) is 3.34. The number of aryl methyl sites for hydroxylation is 1. The Hall–Kier alpha value is -1.20. The molecule has 1 aliphatic rings. The van der Waals surface area contributed by atoms with Crippen LogP contribution in [0.15, 0.2) is 39.3 Å².